The lowest BCUT2D eigenvalue weighted by atomic mass is 9.84. The Hall–Kier alpha value is -0.573. The largest absolute Gasteiger partial charge is 0.339 e. The number of hydrogen-bond donors (Lipinski definition) is 0. The SMILES string of the molecule is O=C(/C(=C/[Si](C1CCCCC1)(C1CCCCC1)C1CCCCC1)C1CCCCC1)N1CCCC1. The molecule has 5 rings (SSSR count). The van der Waals surface area contributed by atoms with Crippen LogP contribution in [0.4, 0.5) is 0 Å². The monoisotopic (exact) mass is 483 g/mol. The van der Waals surface area contributed by atoms with E-state index >= 15 is 0 Å². The Bertz CT molecular complexity index is 626. The van der Waals surface area contributed by atoms with Crippen molar-refractivity contribution in [3.05, 3.63) is 11.3 Å². The van der Waals surface area contributed by atoms with Gasteiger partial charge in [-0.3, -0.25) is 4.79 Å². The maximum atomic E-state index is 14.3. The molecule has 2 nitrogen and oxygen atoms in total. The van der Waals surface area contributed by atoms with Gasteiger partial charge in [-0.1, -0.05) is 121 Å². The molecule has 1 amide bonds. The van der Waals surface area contributed by atoms with E-state index in [4.69, 9.17) is 0 Å². The first kappa shape index (κ1) is 25.1. The van der Waals surface area contributed by atoms with Crippen molar-refractivity contribution in [1.82, 2.24) is 4.90 Å². The minimum atomic E-state index is -1.76. The Labute approximate surface area is 211 Å². The van der Waals surface area contributed by atoms with Gasteiger partial charge in [0.05, 0.1) is 8.07 Å². The minimum absolute atomic E-state index is 0.503. The summed E-state index contributed by atoms with van der Waals surface area (Å²) in [6.45, 7) is 2.04. The highest BCUT2D eigenvalue weighted by Gasteiger charge is 2.52. The lowest BCUT2D eigenvalue weighted by Crippen LogP contribution is -2.51. The summed E-state index contributed by atoms with van der Waals surface area (Å²) in [5.74, 6) is 1.08. The average molecular weight is 484 g/mol. The number of nitrogens with zero attached hydrogens (tertiary/aromatic N) is 1. The van der Waals surface area contributed by atoms with Crippen LogP contribution in [0.2, 0.25) is 16.6 Å². The second-order valence-electron chi connectivity index (χ2n) is 12.9. The van der Waals surface area contributed by atoms with Crippen LogP contribution in [0.3, 0.4) is 0 Å². The third kappa shape index (κ3) is 5.40. The lowest BCUT2D eigenvalue weighted by molar-refractivity contribution is -0.126. The standard InChI is InChI=1S/C31H53NOSi/c33-31(32-23-13-14-24-32)30(26-15-5-1-6-16-26)25-34(27-17-7-2-8-18-27,28-19-9-3-10-20-28)29-21-11-4-12-22-29/h25-29H,1-24H2/b30-25+. The molecular weight excluding hydrogens is 430 g/mol. The molecule has 0 unspecified atom stereocenters. The molecule has 0 bridgehead atoms. The van der Waals surface area contributed by atoms with Crippen LogP contribution in [0, 0.1) is 5.92 Å². The van der Waals surface area contributed by atoms with E-state index in [0.717, 1.165) is 29.7 Å². The van der Waals surface area contributed by atoms with Gasteiger partial charge in [-0.2, -0.15) is 0 Å². The first-order valence-corrected chi connectivity index (χ1v) is 18.1. The van der Waals surface area contributed by atoms with E-state index in [9.17, 15) is 4.79 Å². The van der Waals surface area contributed by atoms with Crippen molar-refractivity contribution in [2.45, 2.75) is 158 Å². The first-order valence-electron chi connectivity index (χ1n) is 15.8. The maximum Gasteiger partial charge on any atom is 0.249 e. The number of hydrogen-bond acceptors (Lipinski definition) is 1. The van der Waals surface area contributed by atoms with E-state index in [0.29, 0.717) is 11.8 Å². The molecule has 0 atom stereocenters. The van der Waals surface area contributed by atoms with Crippen LogP contribution in [0.1, 0.15) is 141 Å². The molecule has 5 fully saturated rings. The van der Waals surface area contributed by atoms with Crippen LogP contribution < -0.4 is 0 Å². The van der Waals surface area contributed by atoms with Crippen molar-refractivity contribution >= 4 is 14.0 Å². The van der Waals surface area contributed by atoms with Crippen molar-refractivity contribution in [1.29, 1.82) is 0 Å². The summed E-state index contributed by atoms with van der Waals surface area (Å²) < 4.78 is 0. The number of carbonyl (C=O) groups is 1. The van der Waals surface area contributed by atoms with Gasteiger partial charge in [0.25, 0.3) is 0 Å². The number of likely N-dealkylation sites (tertiary alicyclic amines) is 1. The summed E-state index contributed by atoms with van der Waals surface area (Å²) in [6, 6.07) is 0. The zero-order valence-electron chi connectivity index (χ0n) is 22.2. The second-order valence-corrected chi connectivity index (χ2v) is 17.7. The van der Waals surface area contributed by atoms with E-state index < -0.39 is 8.07 Å². The van der Waals surface area contributed by atoms with Crippen LogP contribution in [-0.4, -0.2) is 32.0 Å². The van der Waals surface area contributed by atoms with E-state index in [1.165, 1.54) is 147 Å². The molecule has 0 radical (unpaired) electrons. The molecular formula is C31H53NOSi. The fourth-order valence-electron chi connectivity index (χ4n) is 9.30. The van der Waals surface area contributed by atoms with Gasteiger partial charge < -0.3 is 4.90 Å². The third-order valence-corrected chi connectivity index (χ3v) is 17.8. The fraction of sp³-hybridized carbons (Fsp3) is 0.903. The van der Waals surface area contributed by atoms with E-state index in [-0.39, 0.29) is 0 Å². The van der Waals surface area contributed by atoms with Crippen LogP contribution in [0.5, 0.6) is 0 Å². The molecule has 0 N–H and O–H groups in total. The van der Waals surface area contributed by atoms with Crippen molar-refractivity contribution in [3.8, 4) is 0 Å². The number of carbonyl (C=O) groups excluding carboxylic acids is 1. The van der Waals surface area contributed by atoms with Crippen LogP contribution >= 0.6 is 0 Å². The topological polar surface area (TPSA) is 20.3 Å². The van der Waals surface area contributed by atoms with E-state index in [1.54, 1.807) is 0 Å². The normalized spacial score (nSPS) is 27.9. The zero-order chi connectivity index (χ0) is 23.2. The van der Waals surface area contributed by atoms with Gasteiger partial charge in [0, 0.05) is 18.7 Å². The molecule has 0 aromatic rings. The van der Waals surface area contributed by atoms with Gasteiger partial charge in [-0.15, -0.1) is 0 Å². The van der Waals surface area contributed by atoms with Crippen molar-refractivity contribution in [2.75, 3.05) is 13.1 Å². The van der Waals surface area contributed by atoms with Crippen LogP contribution in [0.25, 0.3) is 0 Å². The quantitative estimate of drug-likeness (QED) is 0.272. The molecule has 1 aliphatic heterocycles. The summed E-state index contributed by atoms with van der Waals surface area (Å²) in [6.07, 6.45) is 31.2. The van der Waals surface area contributed by atoms with Gasteiger partial charge >= 0.3 is 0 Å². The van der Waals surface area contributed by atoms with Gasteiger partial charge in [0.1, 0.15) is 0 Å². The minimum Gasteiger partial charge on any atom is -0.339 e. The zero-order valence-corrected chi connectivity index (χ0v) is 23.2. The van der Waals surface area contributed by atoms with E-state index in [2.05, 4.69) is 10.6 Å². The smallest absolute Gasteiger partial charge is 0.249 e. The summed E-state index contributed by atoms with van der Waals surface area (Å²) in [5, 5.41) is 0. The highest BCUT2D eigenvalue weighted by atomic mass is 28.3. The molecule has 0 spiro atoms. The van der Waals surface area contributed by atoms with Gasteiger partial charge in [-0.05, 0) is 48.2 Å². The third-order valence-electron chi connectivity index (χ3n) is 11.0. The molecule has 1 heterocycles. The predicted molar refractivity (Wildman–Crippen MR) is 147 cm³/mol. The summed E-state index contributed by atoms with van der Waals surface area (Å²) in [5.41, 5.74) is 7.26. The van der Waals surface area contributed by atoms with Gasteiger partial charge in [0.15, 0.2) is 0 Å². The maximum absolute atomic E-state index is 14.3. The number of amides is 1. The molecule has 0 aromatic carbocycles. The summed E-state index contributed by atoms with van der Waals surface area (Å²) >= 11 is 0. The Kier molecular flexibility index (Phi) is 8.94. The molecule has 0 aromatic heterocycles. The summed E-state index contributed by atoms with van der Waals surface area (Å²) in [7, 11) is -1.76. The predicted octanol–water partition coefficient (Wildman–Crippen LogP) is 9.11. The molecule has 192 valence electrons. The van der Waals surface area contributed by atoms with Crippen LogP contribution in [-0.2, 0) is 4.79 Å². The molecule has 1 saturated heterocycles. The van der Waals surface area contributed by atoms with E-state index in [1.807, 2.05) is 0 Å². The molecule has 4 saturated carbocycles. The van der Waals surface area contributed by atoms with Crippen molar-refractivity contribution in [2.24, 2.45) is 5.92 Å². The van der Waals surface area contributed by atoms with Gasteiger partial charge in [-0.25, -0.2) is 0 Å². The first-order chi connectivity index (χ1) is 16.8. The Morgan fingerprint density at radius 2 is 0.912 bits per heavy atom. The Morgan fingerprint density at radius 1 is 0.529 bits per heavy atom. The second kappa shape index (κ2) is 12.1. The average Bonchev–Trinajstić information content (AvgIpc) is 3.47. The lowest BCUT2D eigenvalue weighted by Gasteiger charge is -2.52. The van der Waals surface area contributed by atoms with Crippen LogP contribution in [0.15, 0.2) is 11.3 Å². The van der Waals surface area contributed by atoms with Crippen molar-refractivity contribution < 1.29 is 4.79 Å². The van der Waals surface area contributed by atoms with Crippen molar-refractivity contribution in [3.63, 3.8) is 0 Å². The van der Waals surface area contributed by atoms with Gasteiger partial charge in [0.2, 0.25) is 5.91 Å². The molecule has 4 aliphatic carbocycles. The highest BCUT2D eigenvalue weighted by molar-refractivity contribution is 6.88. The molecule has 3 heteroatoms. The number of rotatable bonds is 6. The molecule has 34 heavy (non-hydrogen) atoms. The highest BCUT2D eigenvalue weighted by Crippen LogP contribution is 2.58. The fourth-order valence-corrected chi connectivity index (χ4v) is 17.1. The Balaban J connectivity index is 1.60. The molecule has 5 aliphatic rings. The Morgan fingerprint density at radius 3 is 1.32 bits per heavy atom. The summed E-state index contributed by atoms with van der Waals surface area (Å²) in [4.78, 5) is 16.5.